The average molecular weight is 294 g/mol. The van der Waals surface area contributed by atoms with E-state index in [1.807, 2.05) is 0 Å². The molecule has 1 atom stereocenters. The number of benzene rings is 1. The average Bonchev–Trinajstić information content (AvgIpc) is 2.37. The molecule has 21 heavy (non-hydrogen) atoms. The minimum atomic E-state index is -0.560. The summed E-state index contributed by atoms with van der Waals surface area (Å²) in [6.07, 6.45) is -0.547. The van der Waals surface area contributed by atoms with Crippen LogP contribution >= 0.6 is 0 Å². The zero-order chi connectivity index (χ0) is 15.5. The number of nitrogens with one attached hydrogen (secondary N) is 2. The molecule has 1 fully saturated rings. The molecule has 0 aliphatic carbocycles. The second kappa shape index (κ2) is 6.32. The summed E-state index contributed by atoms with van der Waals surface area (Å²) in [5, 5.41) is 16.0. The minimum Gasteiger partial charge on any atom is -0.508 e. The van der Waals surface area contributed by atoms with Crippen molar-refractivity contribution in [3.8, 4) is 5.75 Å². The molecular formula is C15H22N2O4. The standard InChI is InChI=1S/C15H22N2O4/c1-15(2,3)21-14(19)17-10-4-5-11(13(18)8-10)12-9-20-7-6-16-12/h4-5,8,12,16,18H,6-7,9H2,1-3H3,(H,17,19). The van der Waals surface area contributed by atoms with E-state index < -0.39 is 11.7 Å². The minimum absolute atomic E-state index is 0.0330. The van der Waals surface area contributed by atoms with Gasteiger partial charge >= 0.3 is 6.09 Å². The zero-order valence-corrected chi connectivity index (χ0v) is 12.6. The highest BCUT2D eigenvalue weighted by Gasteiger charge is 2.20. The van der Waals surface area contributed by atoms with E-state index in [1.54, 1.807) is 32.9 Å². The van der Waals surface area contributed by atoms with E-state index in [0.717, 1.165) is 12.1 Å². The lowest BCUT2D eigenvalue weighted by Gasteiger charge is -2.25. The monoisotopic (exact) mass is 294 g/mol. The molecule has 1 aliphatic rings. The number of aromatic hydroxyl groups is 1. The molecule has 1 aliphatic heterocycles. The summed E-state index contributed by atoms with van der Waals surface area (Å²) >= 11 is 0. The fourth-order valence-electron chi connectivity index (χ4n) is 2.10. The van der Waals surface area contributed by atoms with Gasteiger partial charge in [0, 0.05) is 23.9 Å². The van der Waals surface area contributed by atoms with Gasteiger partial charge in [-0.05, 0) is 26.8 Å². The lowest BCUT2D eigenvalue weighted by molar-refractivity contribution is 0.0636. The Hall–Kier alpha value is -1.79. The Morgan fingerprint density at radius 1 is 1.48 bits per heavy atom. The number of hydrogen-bond acceptors (Lipinski definition) is 5. The molecular weight excluding hydrogens is 272 g/mol. The Morgan fingerprint density at radius 3 is 2.81 bits per heavy atom. The third-order valence-corrected chi connectivity index (χ3v) is 2.97. The van der Waals surface area contributed by atoms with Crippen molar-refractivity contribution >= 4 is 11.8 Å². The van der Waals surface area contributed by atoms with Gasteiger partial charge in [-0.3, -0.25) is 5.32 Å². The van der Waals surface area contributed by atoms with Crippen molar-refractivity contribution in [2.45, 2.75) is 32.4 Å². The maximum atomic E-state index is 11.7. The number of phenols is 1. The molecule has 0 aromatic heterocycles. The highest BCUT2D eigenvalue weighted by molar-refractivity contribution is 5.85. The van der Waals surface area contributed by atoms with Crippen LogP contribution in [-0.4, -0.2) is 36.6 Å². The van der Waals surface area contributed by atoms with Crippen molar-refractivity contribution in [3.05, 3.63) is 23.8 Å². The predicted octanol–water partition coefficient (Wildman–Crippen LogP) is 2.40. The molecule has 1 amide bonds. The molecule has 1 aromatic rings. The van der Waals surface area contributed by atoms with E-state index in [-0.39, 0.29) is 11.8 Å². The Balaban J connectivity index is 2.03. The molecule has 1 heterocycles. The van der Waals surface area contributed by atoms with Crippen LogP contribution in [0.1, 0.15) is 32.4 Å². The van der Waals surface area contributed by atoms with Gasteiger partial charge in [0.05, 0.1) is 19.3 Å². The van der Waals surface area contributed by atoms with E-state index in [2.05, 4.69) is 10.6 Å². The van der Waals surface area contributed by atoms with Crippen molar-refractivity contribution in [1.82, 2.24) is 5.32 Å². The fourth-order valence-corrected chi connectivity index (χ4v) is 2.10. The van der Waals surface area contributed by atoms with Crippen LogP contribution in [0.15, 0.2) is 18.2 Å². The summed E-state index contributed by atoms with van der Waals surface area (Å²) in [5.74, 6) is 0.117. The third-order valence-electron chi connectivity index (χ3n) is 2.97. The number of anilines is 1. The maximum Gasteiger partial charge on any atom is 0.412 e. The van der Waals surface area contributed by atoms with Gasteiger partial charge in [0.25, 0.3) is 0 Å². The molecule has 1 aromatic carbocycles. The smallest absolute Gasteiger partial charge is 0.412 e. The van der Waals surface area contributed by atoms with Crippen LogP contribution in [0.3, 0.4) is 0 Å². The van der Waals surface area contributed by atoms with E-state index in [1.165, 1.54) is 6.07 Å². The molecule has 0 saturated carbocycles. The number of carbonyl (C=O) groups excluding carboxylic acids is 1. The Morgan fingerprint density at radius 2 is 2.24 bits per heavy atom. The van der Waals surface area contributed by atoms with E-state index in [0.29, 0.717) is 18.9 Å². The van der Waals surface area contributed by atoms with Crippen LogP contribution in [0.5, 0.6) is 5.75 Å². The first-order valence-corrected chi connectivity index (χ1v) is 6.99. The predicted molar refractivity (Wildman–Crippen MR) is 79.5 cm³/mol. The van der Waals surface area contributed by atoms with Crippen LogP contribution in [0, 0.1) is 0 Å². The van der Waals surface area contributed by atoms with Crippen molar-refractivity contribution in [2.24, 2.45) is 0 Å². The topological polar surface area (TPSA) is 79.8 Å². The summed E-state index contributed by atoms with van der Waals surface area (Å²) in [6.45, 7) is 7.33. The van der Waals surface area contributed by atoms with Crippen molar-refractivity contribution in [2.75, 3.05) is 25.1 Å². The summed E-state index contributed by atoms with van der Waals surface area (Å²) < 4.78 is 10.5. The van der Waals surface area contributed by atoms with Gasteiger partial charge in [-0.2, -0.15) is 0 Å². The van der Waals surface area contributed by atoms with Gasteiger partial charge in [-0.25, -0.2) is 4.79 Å². The Labute approximate surface area is 124 Å². The van der Waals surface area contributed by atoms with Crippen LogP contribution in [0.2, 0.25) is 0 Å². The molecule has 3 N–H and O–H groups in total. The highest BCUT2D eigenvalue weighted by Crippen LogP contribution is 2.28. The summed E-state index contributed by atoms with van der Waals surface area (Å²) in [5.41, 5.74) is 0.682. The quantitative estimate of drug-likeness (QED) is 0.780. The first-order chi connectivity index (χ1) is 9.85. The first-order valence-electron chi connectivity index (χ1n) is 6.99. The van der Waals surface area contributed by atoms with Gasteiger partial charge in [0.2, 0.25) is 0 Å². The van der Waals surface area contributed by atoms with Gasteiger partial charge < -0.3 is 19.9 Å². The van der Waals surface area contributed by atoms with Gasteiger partial charge in [0.1, 0.15) is 11.4 Å². The van der Waals surface area contributed by atoms with E-state index >= 15 is 0 Å². The number of rotatable bonds is 2. The molecule has 0 spiro atoms. The fraction of sp³-hybridized carbons (Fsp3) is 0.533. The van der Waals surface area contributed by atoms with Crippen LogP contribution in [-0.2, 0) is 9.47 Å². The Kier molecular flexibility index (Phi) is 4.69. The van der Waals surface area contributed by atoms with Crippen LogP contribution in [0.25, 0.3) is 0 Å². The number of carbonyl (C=O) groups is 1. The van der Waals surface area contributed by atoms with E-state index in [9.17, 15) is 9.90 Å². The van der Waals surface area contributed by atoms with Crippen molar-refractivity contribution < 1.29 is 19.4 Å². The largest absolute Gasteiger partial charge is 0.508 e. The van der Waals surface area contributed by atoms with Gasteiger partial charge in [0.15, 0.2) is 0 Å². The number of hydrogen-bond donors (Lipinski definition) is 3. The highest BCUT2D eigenvalue weighted by atomic mass is 16.6. The summed E-state index contributed by atoms with van der Waals surface area (Å²) in [6, 6.07) is 4.98. The SMILES string of the molecule is CC(C)(C)OC(=O)Nc1ccc(C2COCCN2)c(O)c1. The molecule has 1 unspecified atom stereocenters. The first kappa shape index (κ1) is 15.6. The molecule has 6 heteroatoms. The molecule has 116 valence electrons. The number of ether oxygens (including phenoxy) is 2. The number of amides is 1. The number of morpholine rings is 1. The zero-order valence-electron chi connectivity index (χ0n) is 12.6. The second-order valence-corrected chi connectivity index (χ2v) is 5.98. The van der Waals surface area contributed by atoms with Crippen LogP contribution < -0.4 is 10.6 Å². The second-order valence-electron chi connectivity index (χ2n) is 5.98. The number of phenolic OH excluding ortho intramolecular Hbond substituents is 1. The molecule has 0 radical (unpaired) electrons. The van der Waals surface area contributed by atoms with Gasteiger partial charge in [-0.1, -0.05) is 6.07 Å². The van der Waals surface area contributed by atoms with E-state index in [4.69, 9.17) is 9.47 Å². The normalized spacial score (nSPS) is 19.1. The third kappa shape index (κ3) is 4.61. The Bertz CT molecular complexity index is 505. The lowest BCUT2D eigenvalue weighted by Crippen LogP contribution is -2.34. The maximum absolute atomic E-state index is 11.7. The molecule has 0 bridgehead atoms. The van der Waals surface area contributed by atoms with Crippen molar-refractivity contribution in [3.63, 3.8) is 0 Å². The lowest BCUT2D eigenvalue weighted by atomic mass is 10.0. The van der Waals surface area contributed by atoms with Gasteiger partial charge in [-0.15, -0.1) is 0 Å². The molecule has 1 saturated heterocycles. The summed E-state index contributed by atoms with van der Waals surface area (Å²) in [4.78, 5) is 11.7. The molecule has 6 nitrogen and oxygen atoms in total. The summed E-state index contributed by atoms with van der Waals surface area (Å²) in [7, 11) is 0. The van der Waals surface area contributed by atoms with Crippen LogP contribution in [0.4, 0.5) is 10.5 Å². The van der Waals surface area contributed by atoms with Crippen molar-refractivity contribution in [1.29, 1.82) is 0 Å². The molecule has 2 rings (SSSR count).